The third kappa shape index (κ3) is 3.19. The smallest absolute Gasteiger partial charge is 0.228 e. The number of nitrogens with two attached hydrogens (primary N) is 1. The quantitative estimate of drug-likeness (QED) is 0.898. The molecule has 2 fully saturated rings. The zero-order valence-corrected chi connectivity index (χ0v) is 12.2. The molecule has 3 rings (SSSR count). The summed E-state index contributed by atoms with van der Waals surface area (Å²) in [6, 6.07) is 0. The Hall–Kier alpha value is -0.980. The van der Waals surface area contributed by atoms with E-state index in [2.05, 4.69) is 22.1 Å². The van der Waals surface area contributed by atoms with Crippen LogP contribution in [-0.2, 0) is 11.2 Å². The Bertz CT molecular complexity index is 442. The maximum atomic E-state index is 6.43. The summed E-state index contributed by atoms with van der Waals surface area (Å²) in [5.41, 5.74) is 6.27. The zero-order valence-electron chi connectivity index (χ0n) is 12.2. The van der Waals surface area contributed by atoms with Gasteiger partial charge >= 0.3 is 0 Å². The highest BCUT2D eigenvalue weighted by Crippen LogP contribution is 2.29. The standard InChI is InChI=1S/C14H24N4O2/c1-18-7-8-19-11(10-18)13-16-12(20-17-13)9-14(15)5-3-2-4-6-14/h11H,2-10,15H2,1H3. The van der Waals surface area contributed by atoms with Crippen LogP contribution in [0, 0.1) is 0 Å². The van der Waals surface area contributed by atoms with Crippen LogP contribution in [0.15, 0.2) is 4.52 Å². The third-order valence-electron chi connectivity index (χ3n) is 4.39. The van der Waals surface area contributed by atoms with Crippen LogP contribution in [0.4, 0.5) is 0 Å². The van der Waals surface area contributed by atoms with Crippen LogP contribution in [0.2, 0.25) is 0 Å². The predicted octanol–water partition coefficient (Wildman–Crippen LogP) is 1.28. The number of hydrogen-bond acceptors (Lipinski definition) is 6. The van der Waals surface area contributed by atoms with Crippen LogP contribution in [0.5, 0.6) is 0 Å². The van der Waals surface area contributed by atoms with Gasteiger partial charge in [-0.2, -0.15) is 4.98 Å². The molecule has 0 bridgehead atoms. The molecule has 0 aromatic carbocycles. The molecule has 0 radical (unpaired) electrons. The normalized spacial score (nSPS) is 27.6. The van der Waals surface area contributed by atoms with Crippen LogP contribution in [0.25, 0.3) is 0 Å². The topological polar surface area (TPSA) is 77.4 Å². The van der Waals surface area contributed by atoms with Gasteiger partial charge in [-0.15, -0.1) is 0 Å². The average molecular weight is 280 g/mol. The molecule has 1 atom stereocenters. The van der Waals surface area contributed by atoms with Gasteiger partial charge in [-0.1, -0.05) is 24.4 Å². The van der Waals surface area contributed by atoms with E-state index >= 15 is 0 Å². The summed E-state index contributed by atoms with van der Waals surface area (Å²) in [6.07, 6.45) is 6.40. The van der Waals surface area contributed by atoms with Gasteiger partial charge in [0, 0.05) is 25.0 Å². The second-order valence-electron chi connectivity index (χ2n) is 6.27. The van der Waals surface area contributed by atoms with E-state index in [1.165, 1.54) is 19.3 Å². The van der Waals surface area contributed by atoms with Gasteiger partial charge in [0.1, 0.15) is 6.10 Å². The minimum Gasteiger partial charge on any atom is -0.367 e. The van der Waals surface area contributed by atoms with Crippen molar-refractivity contribution in [1.82, 2.24) is 15.0 Å². The fraction of sp³-hybridized carbons (Fsp3) is 0.857. The van der Waals surface area contributed by atoms with Crippen molar-refractivity contribution in [3.8, 4) is 0 Å². The molecule has 2 aliphatic rings. The third-order valence-corrected chi connectivity index (χ3v) is 4.39. The molecule has 0 spiro atoms. The maximum absolute atomic E-state index is 6.43. The lowest BCUT2D eigenvalue weighted by molar-refractivity contribution is -0.0264. The van der Waals surface area contributed by atoms with E-state index in [-0.39, 0.29) is 11.6 Å². The van der Waals surface area contributed by atoms with E-state index < -0.39 is 0 Å². The van der Waals surface area contributed by atoms with E-state index in [4.69, 9.17) is 15.0 Å². The number of ether oxygens (including phenoxy) is 1. The van der Waals surface area contributed by atoms with Crippen molar-refractivity contribution < 1.29 is 9.26 Å². The summed E-state index contributed by atoms with van der Waals surface area (Å²) in [7, 11) is 2.08. The van der Waals surface area contributed by atoms with Gasteiger partial charge in [0.2, 0.25) is 11.7 Å². The molecular weight excluding hydrogens is 256 g/mol. The summed E-state index contributed by atoms with van der Waals surface area (Å²) < 4.78 is 11.1. The molecule has 1 aliphatic carbocycles. The molecule has 1 saturated heterocycles. The van der Waals surface area contributed by atoms with Crippen molar-refractivity contribution in [3.63, 3.8) is 0 Å². The van der Waals surface area contributed by atoms with Crippen LogP contribution in [-0.4, -0.2) is 47.3 Å². The lowest BCUT2D eigenvalue weighted by Gasteiger charge is -2.32. The van der Waals surface area contributed by atoms with E-state index in [1.54, 1.807) is 0 Å². The van der Waals surface area contributed by atoms with Crippen molar-refractivity contribution >= 4 is 0 Å². The van der Waals surface area contributed by atoms with Gasteiger partial charge < -0.3 is 19.9 Å². The molecule has 2 N–H and O–H groups in total. The molecule has 1 aromatic rings. The van der Waals surface area contributed by atoms with Gasteiger partial charge in [-0.05, 0) is 19.9 Å². The summed E-state index contributed by atoms with van der Waals surface area (Å²) in [5, 5.41) is 4.08. The molecular formula is C14H24N4O2. The summed E-state index contributed by atoms with van der Waals surface area (Å²) in [6.45, 7) is 2.48. The maximum Gasteiger partial charge on any atom is 0.228 e. The van der Waals surface area contributed by atoms with Gasteiger partial charge in [-0.25, -0.2) is 0 Å². The molecule has 6 heteroatoms. The van der Waals surface area contributed by atoms with Crippen LogP contribution in [0.1, 0.15) is 49.9 Å². The Balaban J connectivity index is 1.64. The molecule has 2 heterocycles. The average Bonchev–Trinajstić information content (AvgIpc) is 2.87. The number of nitrogens with zero attached hydrogens (tertiary/aromatic N) is 3. The zero-order chi connectivity index (χ0) is 14.0. The van der Waals surface area contributed by atoms with Gasteiger partial charge in [0.25, 0.3) is 0 Å². The fourth-order valence-corrected chi connectivity index (χ4v) is 3.14. The van der Waals surface area contributed by atoms with Crippen molar-refractivity contribution in [2.24, 2.45) is 5.73 Å². The second-order valence-corrected chi connectivity index (χ2v) is 6.27. The first-order chi connectivity index (χ1) is 9.65. The number of aromatic nitrogens is 2. The van der Waals surface area contributed by atoms with Gasteiger partial charge in [0.15, 0.2) is 0 Å². The highest BCUT2D eigenvalue weighted by molar-refractivity contribution is 5.00. The molecule has 6 nitrogen and oxygen atoms in total. The van der Waals surface area contributed by atoms with Crippen LogP contribution >= 0.6 is 0 Å². The van der Waals surface area contributed by atoms with Gasteiger partial charge in [0.05, 0.1) is 6.61 Å². The van der Waals surface area contributed by atoms with Crippen LogP contribution in [0.3, 0.4) is 0 Å². The number of hydrogen-bond donors (Lipinski definition) is 1. The second kappa shape index (κ2) is 5.79. The number of morpholine rings is 1. The lowest BCUT2D eigenvalue weighted by atomic mass is 9.80. The van der Waals surface area contributed by atoms with E-state index in [0.29, 0.717) is 24.7 Å². The molecule has 1 unspecified atom stereocenters. The Morgan fingerprint density at radius 1 is 1.35 bits per heavy atom. The van der Waals surface area contributed by atoms with E-state index in [0.717, 1.165) is 25.9 Å². The van der Waals surface area contributed by atoms with Crippen molar-refractivity contribution in [1.29, 1.82) is 0 Å². The Morgan fingerprint density at radius 3 is 2.90 bits per heavy atom. The largest absolute Gasteiger partial charge is 0.367 e. The van der Waals surface area contributed by atoms with Crippen molar-refractivity contribution in [2.75, 3.05) is 26.7 Å². The molecule has 20 heavy (non-hydrogen) atoms. The predicted molar refractivity (Wildman–Crippen MR) is 74.2 cm³/mol. The number of likely N-dealkylation sites (N-methyl/N-ethyl adjacent to an activating group) is 1. The first kappa shape index (κ1) is 14.0. The molecule has 112 valence electrons. The van der Waals surface area contributed by atoms with Crippen molar-refractivity contribution in [2.45, 2.75) is 50.2 Å². The Morgan fingerprint density at radius 2 is 2.15 bits per heavy atom. The minimum absolute atomic E-state index is 0.0775. The fourth-order valence-electron chi connectivity index (χ4n) is 3.14. The summed E-state index contributed by atoms with van der Waals surface area (Å²) in [4.78, 5) is 6.72. The lowest BCUT2D eigenvalue weighted by Crippen LogP contribution is -2.43. The highest BCUT2D eigenvalue weighted by Gasteiger charge is 2.31. The Labute approximate surface area is 119 Å². The Kier molecular flexibility index (Phi) is 4.05. The minimum atomic E-state index is -0.160. The number of rotatable bonds is 3. The summed E-state index contributed by atoms with van der Waals surface area (Å²) in [5.74, 6) is 1.31. The molecule has 1 aromatic heterocycles. The van der Waals surface area contributed by atoms with Crippen molar-refractivity contribution in [3.05, 3.63) is 11.7 Å². The first-order valence-corrected chi connectivity index (χ1v) is 7.56. The molecule has 0 amide bonds. The molecule has 1 aliphatic heterocycles. The van der Waals surface area contributed by atoms with E-state index in [1.807, 2.05) is 0 Å². The highest BCUT2D eigenvalue weighted by atomic mass is 16.5. The molecule has 1 saturated carbocycles. The van der Waals surface area contributed by atoms with E-state index in [9.17, 15) is 0 Å². The summed E-state index contributed by atoms with van der Waals surface area (Å²) >= 11 is 0. The first-order valence-electron chi connectivity index (χ1n) is 7.56. The SMILES string of the molecule is CN1CCOC(c2noc(CC3(N)CCCCC3)n2)C1. The van der Waals surface area contributed by atoms with Crippen LogP contribution < -0.4 is 5.73 Å². The monoisotopic (exact) mass is 280 g/mol. The van der Waals surface area contributed by atoms with Gasteiger partial charge in [-0.3, -0.25) is 0 Å².